The molecule has 5 rings (SSSR count). The summed E-state index contributed by atoms with van der Waals surface area (Å²) in [6.45, 7) is 0.887. The predicted molar refractivity (Wildman–Crippen MR) is 130 cm³/mol. The van der Waals surface area contributed by atoms with Crippen molar-refractivity contribution < 1.29 is 22.3 Å². The van der Waals surface area contributed by atoms with E-state index in [9.17, 15) is 13.2 Å². The van der Waals surface area contributed by atoms with Crippen LogP contribution in [0.2, 0.25) is 10.2 Å². The molecule has 1 aliphatic carbocycles. The van der Waals surface area contributed by atoms with E-state index >= 15 is 4.39 Å². The van der Waals surface area contributed by atoms with E-state index in [1.165, 1.54) is 12.4 Å². The number of nitrogens with two attached hydrogens (primary N) is 1. The second-order valence-corrected chi connectivity index (χ2v) is 10.0. The first-order chi connectivity index (χ1) is 17.2. The molecule has 0 radical (unpaired) electrons. The van der Waals surface area contributed by atoms with E-state index in [0.29, 0.717) is 34.8 Å². The van der Waals surface area contributed by atoms with Gasteiger partial charge in [0.1, 0.15) is 24.1 Å². The summed E-state index contributed by atoms with van der Waals surface area (Å²) < 4.78 is 62.4. The minimum absolute atomic E-state index is 0.00442. The number of nitrogens with zero attached hydrogens (tertiary/aromatic N) is 5. The fraction of sp³-hybridized carbons (Fsp3) is 0.522. The van der Waals surface area contributed by atoms with Gasteiger partial charge in [-0.1, -0.05) is 23.2 Å². The van der Waals surface area contributed by atoms with E-state index in [-0.39, 0.29) is 37.0 Å². The number of aliphatic imine (C=N–C) groups is 2. The van der Waals surface area contributed by atoms with Gasteiger partial charge in [-0.05, 0) is 30.7 Å². The topological polar surface area (TPSA) is 81.0 Å². The summed E-state index contributed by atoms with van der Waals surface area (Å²) in [6.07, 6.45) is 1.57. The Morgan fingerprint density at radius 3 is 2.56 bits per heavy atom. The van der Waals surface area contributed by atoms with Crippen molar-refractivity contribution in [3.8, 4) is 0 Å². The van der Waals surface area contributed by atoms with Crippen LogP contribution in [0.15, 0.2) is 28.3 Å². The molecule has 5 unspecified atom stereocenters. The highest BCUT2D eigenvalue weighted by atomic mass is 35.5. The first-order valence-corrected chi connectivity index (χ1v) is 12.3. The lowest BCUT2D eigenvalue weighted by Crippen LogP contribution is -2.49. The molecule has 13 heteroatoms. The smallest absolute Gasteiger partial charge is 0.272 e. The molecule has 3 heterocycles. The molecular formula is C23H24Cl2F4N6O. The molecule has 3 aliphatic rings. The minimum Gasteiger partial charge on any atom is -0.390 e. The van der Waals surface area contributed by atoms with Crippen LogP contribution in [0.4, 0.5) is 28.9 Å². The lowest BCUT2D eigenvalue weighted by atomic mass is 9.86. The number of alkyl halides is 4. The maximum Gasteiger partial charge on any atom is 0.272 e. The monoisotopic (exact) mass is 546 g/mol. The fourth-order valence-electron chi connectivity index (χ4n) is 4.85. The van der Waals surface area contributed by atoms with Crippen LogP contribution in [0.3, 0.4) is 0 Å². The number of aromatic nitrogens is 2. The van der Waals surface area contributed by atoms with E-state index in [0.717, 1.165) is 11.0 Å². The third kappa shape index (κ3) is 4.85. The summed E-state index contributed by atoms with van der Waals surface area (Å²) in [7, 11) is 0. The van der Waals surface area contributed by atoms with Crippen LogP contribution < -0.4 is 5.73 Å². The van der Waals surface area contributed by atoms with E-state index in [1.807, 2.05) is 0 Å². The van der Waals surface area contributed by atoms with Crippen molar-refractivity contribution in [1.29, 1.82) is 0 Å². The summed E-state index contributed by atoms with van der Waals surface area (Å²) in [6, 6.07) is 1.75. The van der Waals surface area contributed by atoms with Crippen LogP contribution in [0, 0.1) is 0 Å². The second kappa shape index (κ2) is 9.92. The summed E-state index contributed by atoms with van der Waals surface area (Å²) in [5.74, 6) is -3.33. The van der Waals surface area contributed by atoms with E-state index in [2.05, 4.69) is 15.1 Å². The molecular weight excluding hydrogens is 523 g/mol. The highest BCUT2D eigenvalue weighted by molar-refractivity contribution is 6.32. The summed E-state index contributed by atoms with van der Waals surface area (Å²) >= 11 is 12.8. The van der Waals surface area contributed by atoms with Gasteiger partial charge in [0.2, 0.25) is 0 Å². The Balaban J connectivity index is 1.36. The van der Waals surface area contributed by atoms with Crippen molar-refractivity contribution in [3.63, 3.8) is 0 Å². The molecule has 2 aliphatic heterocycles. The Hall–Kier alpha value is -2.21. The SMILES string of the molecule is NC=Nc1cc(C2CCN(C3COCC3F)CC2F)c(Cl)cc1C=Nc1cnn(C2CC2(F)F)c1Cl. The third-order valence-electron chi connectivity index (χ3n) is 6.93. The average Bonchev–Trinajstić information content (AvgIpc) is 3.11. The van der Waals surface area contributed by atoms with Crippen LogP contribution in [0.1, 0.15) is 35.9 Å². The zero-order valence-corrected chi connectivity index (χ0v) is 20.5. The quantitative estimate of drug-likeness (QED) is 0.314. The zero-order chi connectivity index (χ0) is 25.6. The van der Waals surface area contributed by atoms with Crippen molar-refractivity contribution in [2.24, 2.45) is 15.7 Å². The molecule has 2 saturated heterocycles. The van der Waals surface area contributed by atoms with E-state index in [4.69, 9.17) is 33.7 Å². The fourth-order valence-corrected chi connectivity index (χ4v) is 5.42. The Morgan fingerprint density at radius 1 is 1.14 bits per heavy atom. The van der Waals surface area contributed by atoms with Gasteiger partial charge in [0, 0.05) is 35.7 Å². The van der Waals surface area contributed by atoms with Gasteiger partial charge in [0.25, 0.3) is 5.92 Å². The lowest BCUT2D eigenvalue weighted by Gasteiger charge is -2.38. The van der Waals surface area contributed by atoms with Crippen LogP contribution in [0.5, 0.6) is 0 Å². The number of halogens is 6. The largest absolute Gasteiger partial charge is 0.390 e. The van der Waals surface area contributed by atoms with Crippen LogP contribution in [0.25, 0.3) is 0 Å². The number of benzene rings is 1. The number of hydrogen-bond acceptors (Lipinski definition) is 5. The molecule has 2 N–H and O–H groups in total. The molecule has 2 aromatic rings. The van der Waals surface area contributed by atoms with Crippen molar-refractivity contribution in [2.45, 2.75) is 49.1 Å². The highest BCUT2D eigenvalue weighted by Gasteiger charge is 2.59. The van der Waals surface area contributed by atoms with E-state index in [1.54, 1.807) is 17.0 Å². The molecule has 0 spiro atoms. The summed E-state index contributed by atoms with van der Waals surface area (Å²) in [5.41, 5.74) is 7.18. The van der Waals surface area contributed by atoms with Gasteiger partial charge in [0.05, 0.1) is 37.5 Å². The molecule has 1 aromatic heterocycles. The molecule has 1 aromatic carbocycles. The third-order valence-corrected chi connectivity index (χ3v) is 7.63. The number of hydrogen-bond donors (Lipinski definition) is 1. The number of rotatable bonds is 6. The van der Waals surface area contributed by atoms with Gasteiger partial charge in [-0.3, -0.25) is 9.89 Å². The van der Waals surface area contributed by atoms with Gasteiger partial charge in [-0.15, -0.1) is 0 Å². The van der Waals surface area contributed by atoms with E-state index < -0.39 is 36.3 Å². The van der Waals surface area contributed by atoms with Crippen LogP contribution in [-0.2, 0) is 4.74 Å². The average molecular weight is 547 g/mol. The maximum absolute atomic E-state index is 15.3. The molecule has 3 fully saturated rings. The van der Waals surface area contributed by atoms with Crippen LogP contribution >= 0.6 is 23.2 Å². The molecule has 194 valence electrons. The van der Waals surface area contributed by atoms with Crippen molar-refractivity contribution in [3.05, 3.63) is 39.6 Å². The van der Waals surface area contributed by atoms with Gasteiger partial charge < -0.3 is 10.5 Å². The van der Waals surface area contributed by atoms with Gasteiger partial charge in [0.15, 0.2) is 5.15 Å². The first-order valence-electron chi connectivity index (χ1n) is 11.5. The summed E-state index contributed by atoms with van der Waals surface area (Å²) in [4.78, 5) is 10.2. The van der Waals surface area contributed by atoms with Crippen molar-refractivity contribution >= 4 is 47.1 Å². The Labute approximate surface area is 214 Å². The molecule has 7 nitrogen and oxygen atoms in total. The Bertz CT molecular complexity index is 1190. The lowest BCUT2D eigenvalue weighted by molar-refractivity contribution is 0.0582. The summed E-state index contributed by atoms with van der Waals surface area (Å²) in [5, 5.41) is 4.24. The maximum atomic E-state index is 15.3. The first kappa shape index (κ1) is 25.4. The Kier molecular flexibility index (Phi) is 7.01. The second-order valence-electron chi connectivity index (χ2n) is 9.24. The Morgan fingerprint density at radius 2 is 1.92 bits per heavy atom. The van der Waals surface area contributed by atoms with Crippen LogP contribution in [-0.4, -0.2) is 77.8 Å². The molecule has 0 amide bonds. The number of likely N-dealkylation sites (tertiary alicyclic amines) is 1. The predicted octanol–water partition coefficient (Wildman–Crippen LogP) is 5.00. The molecule has 36 heavy (non-hydrogen) atoms. The standard InChI is InChI=1S/C23H24Cl2F4N6O/c24-15-3-12(6-31-19-7-33-35(22(19)25)21-5-23(21,28)29)18(32-11-30)4-14(15)13-1-2-34(8-16(13)26)20-10-36-9-17(20)27/h3-4,6-7,11,13,16-17,20-21H,1-2,5,8-10H2,(H2,30,32). The molecule has 1 saturated carbocycles. The molecule has 0 bridgehead atoms. The zero-order valence-electron chi connectivity index (χ0n) is 19.0. The number of ether oxygens (including phenoxy) is 1. The van der Waals surface area contributed by atoms with Crippen molar-refractivity contribution in [1.82, 2.24) is 14.7 Å². The number of piperidine rings is 1. The molecule has 5 atom stereocenters. The van der Waals surface area contributed by atoms with Gasteiger partial charge in [-0.25, -0.2) is 27.2 Å². The van der Waals surface area contributed by atoms with Gasteiger partial charge in [-0.2, -0.15) is 5.10 Å². The highest BCUT2D eigenvalue weighted by Crippen LogP contribution is 2.53. The minimum atomic E-state index is -2.83. The van der Waals surface area contributed by atoms with Crippen molar-refractivity contribution in [2.75, 3.05) is 26.3 Å². The van der Waals surface area contributed by atoms with Gasteiger partial charge >= 0.3 is 0 Å². The normalized spacial score (nSPS) is 30.6.